The highest BCUT2D eigenvalue weighted by atomic mass is 35.5. The third kappa shape index (κ3) is 3.96. The number of rotatable bonds is 5. The van der Waals surface area contributed by atoms with Crippen LogP contribution in [0.3, 0.4) is 0 Å². The maximum Gasteiger partial charge on any atom is 0.230 e. The maximum atomic E-state index is 12.5. The summed E-state index contributed by atoms with van der Waals surface area (Å²) in [4.78, 5) is 15.6. The summed E-state index contributed by atoms with van der Waals surface area (Å²) in [6, 6.07) is 3.84. The van der Waals surface area contributed by atoms with Crippen molar-refractivity contribution in [2.45, 2.75) is 32.1 Å². The zero-order chi connectivity index (χ0) is 14.5. The summed E-state index contributed by atoms with van der Waals surface area (Å²) in [5, 5.41) is 3.20. The molecule has 0 saturated carbocycles. The molecule has 2 rings (SSSR count). The highest BCUT2D eigenvalue weighted by molar-refractivity contribution is 7.16. The number of carbonyl (C=O) groups excluding carboxylic acids is 1. The lowest BCUT2D eigenvalue weighted by molar-refractivity contribution is -0.133. The molecular formula is C15H23ClN2OS. The van der Waals surface area contributed by atoms with Crippen LogP contribution in [-0.4, -0.2) is 37.5 Å². The molecule has 0 spiro atoms. The predicted molar refractivity (Wildman–Crippen MR) is 85.6 cm³/mol. The molecule has 0 aliphatic carbocycles. The van der Waals surface area contributed by atoms with Crippen LogP contribution >= 0.6 is 22.9 Å². The lowest BCUT2D eigenvalue weighted by Crippen LogP contribution is -2.40. The molecule has 1 unspecified atom stereocenters. The molecule has 1 saturated heterocycles. The Morgan fingerprint density at radius 2 is 2.20 bits per heavy atom. The van der Waals surface area contributed by atoms with Crippen LogP contribution in [0.2, 0.25) is 4.34 Å². The fourth-order valence-electron chi connectivity index (χ4n) is 2.75. The van der Waals surface area contributed by atoms with Crippen molar-refractivity contribution in [2.75, 3.05) is 26.7 Å². The molecule has 112 valence electrons. The van der Waals surface area contributed by atoms with Gasteiger partial charge in [0.25, 0.3) is 0 Å². The van der Waals surface area contributed by atoms with Gasteiger partial charge in [0.05, 0.1) is 10.3 Å². The molecular weight excluding hydrogens is 292 g/mol. The minimum atomic E-state index is -0.0682. The summed E-state index contributed by atoms with van der Waals surface area (Å²) in [5.41, 5.74) is 0. The van der Waals surface area contributed by atoms with Crippen LogP contribution in [-0.2, 0) is 4.79 Å². The van der Waals surface area contributed by atoms with E-state index in [1.807, 2.05) is 31.0 Å². The van der Waals surface area contributed by atoms with Crippen molar-refractivity contribution in [1.29, 1.82) is 0 Å². The monoisotopic (exact) mass is 314 g/mol. The number of piperidine rings is 1. The van der Waals surface area contributed by atoms with Crippen molar-refractivity contribution in [2.24, 2.45) is 5.92 Å². The molecule has 5 heteroatoms. The Kier molecular flexibility index (Phi) is 5.87. The molecule has 1 amide bonds. The normalized spacial score (nSPS) is 18.2. The summed E-state index contributed by atoms with van der Waals surface area (Å²) in [7, 11) is 1.99. The van der Waals surface area contributed by atoms with Gasteiger partial charge < -0.3 is 10.2 Å². The third-order valence-corrected chi connectivity index (χ3v) is 5.53. The molecule has 0 aromatic carbocycles. The van der Waals surface area contributed by atoms with E-state index in [4.69, 9.17) is 11.6 Å². The number of nitrogens with zero attached hydrogens (tertiary/aromatic N) is 1. The van der Waals surface area contributed by atoms with E-state index in [0.29, 0.717) is 0 Å². The maximum absolute atomic E-state index is 12.5. The number of hydrogen-bond acceptors (Lipinski definition) is 3. The molecule has 1 aliphatic heterocycles. The minimum Gasteiger partial charge on any atom is -0.342 e. The SMILES string of the molecule is CNCCC1CCN(C(=O)C(C)c2ccc(Cl)s2)CC1. The van der Waals surface area contributed by atoms with Gasteiger partial charge in [0.2, 0.25) is 5.91 Å². The van der Waals surface area contributed by atoms with Gasteiger partial charge in [-0.25, -0.2) is 0 Å². The highest BCUT2D eigenvalue weighted by Crippen LogP contribution is 2.30. The van der Waals surface area contributed by atoms with E-state index in [2.05, 4.69) is 5.32 Å². The zero-order valence-corrected chi connectivity index (χ0v) is 13.8. The van der Waals surface area contributed by atoms with Crippen LogP contribution in [0.5, 0.6) is 0 Å². The third-order valence-electron chi connectivity index (χ3n) is 4.12. The molecule has 1 fully saturated rings. The Morgan fingerprint density at radius 1 is 1.50 bits per heavy atom. The molecule has 0 bridgehead atoms. The van der Waals surface area contributed by atoms with E-state index in [-0.39, 0.29) is 11.8 Å². The number of hydrogen-bond donors (Lipinski definition) is 1. The molecule has 2 heterocycles. The van der Waals surface area contributed by atoms with Crippen LogP contribution in [0.4, 0.5) is 0 Å². The first-order valence-electron chi connectivity index (χ1n) is 7.30. The van der Waals surface area contributed by atoms with Gasteiger partial charge in [0.15, 0.2) is 0 Å². The summed E-state index contributed by atoms with van der Waals surface area (Å²) >= 11 is 7.46. The standard InChI is InChI=1S/C15H23ClN2OS/c1-11(13-3-4-14(16)20-13)15(19)18-9-6-12(7-10-18)5-8-17-2/h3-4,11-12,17H,5-10H2,1-2H3. The smallest absolute Gasteiger partial charge is 0.230 e. The number of carbonyl (C=O) groups is 1. The van der Waals surface area contributed by atoms with E-state index in [9.17, 15) is 4.79 Å². The predicted octanol–water partition coefficient (Wildman–Crippen LogP) is 3.35. The van der Waals surface area contributed by atoms with Crippen molar-refractivity contribution in [3.05, 3.63) is 21.3 Å². The average Bonchev–Trinajstić information content (AvgIpc) is 2.90. The summed E-state index contributed by atoms with van der Waals surface area (Å²) in [6.45, 7) is 4.85. The molecule has 1 atom stereocenters. The zero-order valence-electron chi connectivity index (χ0n) is 12.2. The Labute approximate surface area is 130 Å². The van der Waals surface area contributed by atoms with Gasteiger partial charge in [0.1, 0.15) is 0 Å². The molecule has 1 aliphatic rings. The van der Waals surface area contributed by atoms with Crippen LogP contribution in [0.15, 0.2) is 12.1 Å². The summed E-state index contributed by atoms with van der Waals surface area (Å²) in [5.74, 6) is 0.940. The van der Waals surface area contributed by atoms with Crippen LogP contribution in [0.1, 0.15) is 37.0 Å². The van der Waals surface area contributed by atoms with Gasteiger partial charge in [-0.3, -0.25) is 4.79 Å². The quantitative estimate of drug-likeness (QED) is 0.904. The van der Waals surface area contributed by atoms with Crippen LogP contribution < -0.4 is 5.32 Å². The fraction of sp³-hybridized carbons (Fsp3) is 0.667. The van der Waals surface area contributed by atoms with E-state index in [1.54, 1.807) is 0 Å². The van der Waals surface area contributed by atoms with Crippen molar-refractivity contribution in [3.63, 3.8) is 0 Å². The first kappa shape index (κ1) is 15.8. The second-order valence-electron chi connectivity index (χ2n) is 5.52. The van der Waals surface area contributed by atoms with E-state index in [0.717, 1.165) is 47.6 Å². The van der Waals surface area contributed by atoms with Gasteiger partial charge in [-0.05, 0) is 57.8 Å². The van der Waals surface area contributed by atoms with Crippen molar-refractivity contribution in [1.82, 2.24) is 10.2 Å². The summed E-state index contributed by atoms with van der Waals surface area (Å²) in [6.07, 6.45) is 3.48. The Morgan fingerprint density at radius 3 is 2.75 bits per heavy atom. The highest BCUT2D eigenvalue weighted by Gasteiger charge is 2.27. The lowest BCUT2D eigenvalue weighted by atomic mass is 9.93. The van der Waals surface area contributed by atoms with E-state index in [1.165, 1.54) is 17.8 Å². The molecule has 1 aromatic heterocycles. The van der Waals surface area contributed by atoms with E-state index >= 15 is 0 Å². The first-order chi connectivity index (χ1) is 9.61. The van der Waals surface area contributed by atoms with Gasteiger partial charge >= 0.3 is 0 Å². The number of likely N-dealkylation sites (tertiary alicyclic amines) is 1. The second-order valence-corrected chi connectivity index (χ2v) is 7.27. The minimum absolute atomic E-state index is 0.0682. The lowest BCUT2D eigenvalue weighted by Gasteiger charge is -2.33. The van der Waals surface area contributed by atoms with Crippen LogP contribution in [0.25, 0.3) is 0 Å². The van der Waals surface area contributed by atoms with Gasteiger partial charge in [0, 0.05) is 18.0 Å². The van der Waals surface area contributed by atoms with Crippen LogP contribution in [0, 0.1) is 5.92 Å². The second kappa shape index (κ2) is 7.43. The molecule has 20 heavy (non-hydrogen) atoms. The van der Waals surface area contributed by atoms with Gasteiger partial charge in [-0.15, -0.1) is 11.3 Å². The number of halogens is 1. The van der Waals surface area contributed by atoms with Gasteiger partial charge in [-0.1, -0.05) is 11.6 Å². The number of nitrogens with one attached hydrogen (secondary N) is 1. The molecule has 1 N–H and O–H groups in total. The van der Waals surface area contributed by atoms with Crippen molar-refractivity contribution in [3.8, 4) is 0 Å². The van der Waals surface area contributed by atoms with Crippen molar-refractivity contribution < 1.29 is 4.79 Å². The summed E-state index contributed by atoms with van der Waals surface area (Å²) < 4.78 is 0.755. The molecule has 1 aromatic rings. The van der Waals surface area contributed by atoms with Crippen molar-refractivity contribution >= 4 is 28.8 Å². The fourth-order valence-corrected chi connectivity index (χ4v) is 3.85. The Hall–Kier alpha value is -0.580. The molecule has 0 radical (unpaired) electrons. The average molecular weight is 315 g/mol. The largest absolute Gasteiger partial charge is 0.342 e. The number of thiophene rings is 1. The van der Waals surface area contributed by atoms with Gasteiger partial charge in [-0.2, -0.15) is 0 Å². The molecule has 3 nitrogen and oxygen atoms in total. The Bertz CT molecular complexity index is 441. The topological polar surface area (TPSA) is 32.3 Å². The van der Waals surface area contributed by atoms with E-state index < -0.39 is 0 Å². The first-order valence-corrected chi connectivity index (χ1v) is 8.50. The number of amides is 1. The Balaban J connectivity index is 1.85.